The summed E-state index contributed by atoms with van der Waals surface area (Å²) in [5, 5.41) is 6.97. The predicted octanol–water partition coefficient (Wildman–Crippen LogP) is 4.12. The van der Waals surface area contributed by atoms with Gasteiger partial charge in [-0.25, -0.2) is 0 Å². The first-order valence-corrected chi connectivity index (χ1v) is 12.1. The van der Waals surface area contributed by atoms with Crippen LogP contribution < -0.4 is 20.1 Å². The van der Waals surface area contributed by atoms with Gasteiger partial charge in [-0.3, -0.25) is 4.99 Å². The van der Waals surface area contributed by atoms with E-state index in [-0.39, 0.29) is 30.1 Å². The molecule has 4 rings (SSSR count). The van der Waals surface area contributed by atoms with Crippen LogP contribution in [0.1, 0.15) is 45.4 Å². The number of ether oxygens (including phenoxy) is 3. The highest BCUT2D eigenvalue weighted by molar-refractivity contribution is 14.0. The van der Waals surface area contributed by atoms with Crippen LogP contribution in [0.2, 0.25) is 0 Å². The van der Waals surface area contributed by atoms with Gasteiger partial charge in [0.05, 0.1) is 25.9 Å². The molecule has 2 N–H and O–H groups in total. The topological polar surface area (TPSA) is 67.4 Å². The maximum absolute atomic E-state index is 5.83. The summed E-state index contributed by atoms with van der Waals surface area (Å²) in [4.78, 5) is 7.40. The zero-order chi connectivity index (χ0) is 21.3. The van der Waals surface area contributed by atoms with Crippen LogP contribution in [0.25, 0.3) is 0 Å². The summed E-state index contributed by atoms with van der Waals surface area (Å²) in [6.45, 7) is 9.79. The van der Waals surface area contributed by atoms with Crippen molar-refractivity contribution in [3.8, 4) is 11.5 Å². The van der Waals surface area contributed by atoms with Gasteiger partial charge in [0.1, 0.15) is 0 Å². The standard InChI is InChI=1S/C24H38N4O3.HI/c1-19-8-12-28(13-9-19)11-3-10-25-24(26-18-21-5-2-14-29-21)27-20-6-7-22-23(17-20)31-16-4-15-30-22;/h6-7,17,19,21H,2-5,8-16,18H2,1H3,(H2,25,26,27);1H. The Bertz CT molecular complexity index is 719. The molecule has 1 unspecified atom stereocenters. The Balaban J connectivity index is 0.00000289. The van der Waals surface area contributed by atoms with E-state index in [1.807, 2.05) is 18.2 Å². The molecular weight excluding hydrogens is 519 g/mol. The number of nitrogens with zero attached hydrogens (tertiary/aromatic N) is 2. The zero-order valence-corrected chi connectivity index (χ0v) is 21.6. The third-order valence-corrected chi connectivity index (χ3v) is 6.31. The van der Waals surface area contributed by atoms with Crippen molar-refractivity contribution >= 4 is 35.6 Å². The third kappa shape index (κ3) is 7.95. The lowest BCUT2D eigenvalue weighted by atomic mass is 9.99. The first kappa shape index (κ1) is 25.4. The van der Waals surface area contributed by atoms with Crippen LogP contribution in [-0.2, 0) is 4.74 Å². The second kappa shape index (κ2) is 13.4. The fourth-order valence-electron chi connectivity index (χ4n) is 4.29. The van der Waals surface area contributed by atoms with Crippen LogP contribution in [0.4, 0.5) is 5.69 Å². The number of fused-ring (bicyclic) bond motifs is 1. The number of nitrogens with one attached hydrogen (secondary N) is 2. The lowest BCUT2D eigenvalue weighted by Gasteiger charge is -2.30. The Morgan fingerprint density at radius 3 is 2.66 bits per heavy atom. The van der Waals surface area contributed by atoms with Crippen LogP contribution in [0.15, 0.2) is 23.2 Å². The number of likely N-dealkylation sites (tertiary alicyclic amines) is 1. The van der Waals surface area contributed by atoms with Gasteiger partial charge >= 0.3 is 0 Å². The average molecular weight is 559 g/mol. The molecule has 0 amide bonds. The van der Waals surface area contributed by atoms with E-state index in [0.29, 0.717) is 19.8 Å². The fourth-order valence-corrected chi connectivity index (χ4v) is 4.29. The summed E-state index contributed by atoms with van der Waals surface area (Å²) in [6.07, 6.45) is 7.12. The largest absolute Gasteiger partial charge is 0.490 e. The van der Waals surface area contributed by atoms with E-state index in [4.69, 9.17) is 19.2 Å². The molecule has 0 spiro atoms. The van der Waals surface area contributed by atoms with Crippen molar-refractivity contribution in [2.24, 2.45) is 10.9 Å². The predicted molar refractivity (Wildman–Crippen MR) is 140 cm³/mol. The monoisotopic (exact) mass is 558 g/mol. The minimum absolute atomic E-state index is 0. The van der Waals surface area contributed by atoms with E-state index in [2.05, 4.69) is 22.5 Å². The summed E-state index contributed by atoms with van der Waals surface area (Å²) >= 11 is 0. The van der Waals surface area contributed by atoms with Crippen molar-refractivity contribution in [3.63, 3.8) is 0 Å². The van der Waals surface area contributed by atoms with E-state index in [0.717, 1.165) is 74.4 Å². The summed E-state index contributed by atoms with van der Waals surface area (Å²) in [5.41, 5.74) is 0.952. The first-order chi connectivity index (χ1) is 15.3. The van der Waals surface area contributed by atoms with Crippen LogP contribution >= 0.6 is 24.0 Å². The van der Waals surface area contributed by atoms with E-state index >= 15 is 0 Å². The molecule has 2 fully saturated rings. The molecule has 2 saturated heterocycles. The highest BCUT2D eigenvalue weighted by atomic mass is 127. The molecule has 0 bridgehead atoms. The molecule has 180 valence electrons. The van der Waals surface area contributed by atoms with Gasteiger partial charge < -0.3 is 29.7 Å². The number of piperidine rings is 1. The molecule has 0 aliphatic carbocycles. The number of aliphatic imine (C=N–C) groups is 1. The van der Waals surface area contributed by atoms with E-state index < -0.39 is 0 Å². The molecular formula is C24H39IN4O3. The van der Waals surface area contributed by atoms with Crippen molar-refractivity contribution in [1.29, 1.82) is 0 Å². The van der Waals surface area contributed by atoms with Gasteiger partial charge in [0.2, 0.25) is 0 Å². The number of rotatable bonds is 7. The highest BCUT2D eigenvalue weighted by Crippen LogP contribution is 2.32. The smallest absolute Gasteiger partial charge is 0.195 e. The van der Waals surface area contributed by atoms with Crippen LogP contribution in [0, 0.1) is 5.92 Å². The van der Waals surface area contributed by atoms with E-state index in [9.17, 15) is 0 Å². The van der Waals surface area contributed by atoms with Gasteiger partial charge in [0.25, 0.3) is 0 Å². The SMILES string of the molecule is CC1CCN(CCCNC(=NCC2CCCO2)Nc2ccc3c(c2)OCCCO3)CC1.I. The molecule has 7 nitrogen and oxygen atoms in total. The molecule has 0 radical (unpaired) electrons. The third-order valence-electron chi connectivity index (χ3n) is 6.31. The molecule has 1 atom stereocenters. The van der Waals surface area contributed by atoms with Gasteiger partial charge in [0, 0.05) is 31.3 Å². The van der Waals surface area contributed by atoms with Crippen LogP contribution in [0.5, 0.6) is 11.5 Å². The van der Waals surface area contributed by atoms with Gasteiger partial charge in [0.15, 0.2) is 17.5 Å². The maximum atomic E-state index is 5.83. The first-order valence-electron chi connectivity index (χ1n) is 12.1. The van der Waals surface area contributed by atoms with E-state index in [1.165, 1.54) is 25.9 Å². The molecule has 8 heteroatoms. The zero-order valence-electron chi connectivity index (χ0n) is 19.3. The number of hydrogen-bond acceptors (Lipinski definition) is 5. The van der Waals surface area contributed by atoms with Gasteiger partial charge in [-0.1, -0.05) is 6.92 Å². The molecule has 3 aliphatic rings. The molecule has 32 heavy (non-hydrogen) atoms. The van der Waals surface area contributed by atoms with Crippen LogP contribution in [-0.4, -0.2) is 69.5 Å². The van der Waals surface area contributed by atoms with Crippen molar-refractivity contribution < 1.29 is 14.2 Å². The summed E-state index contributed by atoms with van der Waals surface area (Å²) in [7, 11) is 0. The Hall–Kier alpha value is -1.26. The minimum Gasteiger partial charge on any atom is -0.490 e. The van der Waals surface area contributed by atoms with Gasteiger partial charge in [-0.2, -0.15) is 0 Å². The normalized spacial score (nSPS) is 22.2. The van der Waals surface area contributed by atoms with Crippen molar-refractivity contribution in [1.82, 2.24) is 10.2 Å². The number of halogens is 1. The van der Waals surface area contributed by atoms with Crippen molar-refractivity contribution in [3.05, 3.63) is 18.2 Å². The Labute approximate surface area is 209 Å². The fraction of sp³-hybridized carbons (Fsp3) is 0.708. The van der Waals surface area contributed by atoms with Crippen molar-refractivity contribution in [2.75, 3.05) is 57.9 Å². The summed E-state index contributed by atoms with van der Waals surface area (Å²) in [5.74, 6) is 3.28. The number of benzene rings is 1. The Kier molecular flexibility index (Phi) is 10.7. The van der Waals surface area contributed by atoms with Crippen LogP contribution in [0.3, 0.4) is 0 Å². The molecule has 0 aromatic heterocycles. The Morgan fingerprint density at radius 2 is 1.88 bits per heavy atom. The van der Waals surface area contributed by atoms with Gasteiger partial charge in [-0.15, -0.1) is 24.0 Å². The van der Waals surface area contributed by atoms with E-state index in [1.54, 1.807) is 0 Å². The number of hydrogen-bond donors (Lipinski definition) is 2. The second-order valence-corrected chi connectivity index (χ2v) is 8.97. The number of anilines is 1. The highest BCUT2D eigenvalue weighted by Gasteiger charge is 2.17. The Morgan fingerprint density at radius 1 is 1.06 bits per heavy atom. The van der Waals surface area contributed by atoms with Crippen molar-refractivity contribution in [2.45, 2.75) is 51.6 Å². The number of guanidine groups is 1. The quantitative estimate of drug-likeness (QED) is 0.227. The summed E-state index contributed by atoms with van der Waals surface area (Å²) < 4.78 is 17.3. The average Bonchev–Trinajstić information content (AvgIpc) is 3.20. The summed E-state index contributed by atoms with van der Waals surface area (Å²) in [6, 6.07) is 5.99. The van der Waals surface area contributed by atoms with Gasteiger partial charge in [-0.05, 0) is 69.8 Å². The second-order valence-electron chi connectivity index (χ2n) is 8.97. The molecule has 1 aromatic rings. The minimum atomic E-state index is 0. The lowest BCUT2D eigenvalue weighted by molar-refractivity contribution is 0.118. The lowest BCUT2D eigenvalue weighted by Crippen LogP contribution is -2.37. The maximum Gasteiger partial charge on any atom is 0.195 e. The molecule has 3 aliphatic heterocycles. The molecule has 1 aromatic carbocycles. The molecule has 3 heterocycles. The molecule has 0 saturated carbocycles.